The van der Waals surface area contributed by atoms with Crippen molar-refractivity contribution < 1.29 is 4.79 Å². The Balaban J connectivity index is 1.93. The molecule has 0 N–H and O–H groups in total. The number of fused-ring (bicyclic) bond motifs is 1. The highest BCUT2D eigenvalue weighted by molar-refractivity contribution is 5.96. The Kier molecular flexibility index (Phi) is 2.82. The Hall–Kier alpha value is -0.850. The van der Waals surface area contributed by atoms with Crippen molar-refractivity contribution >= 4 is 5.78 Å². The monoisotopic (exact) mass is 258 g/mol. The lowest BCUT2D eigenvalue weighted by molar-refractivity contribution is -0.121. The van der Waals surface area contributed by atoms with Crippen LogP contribution < -0.4 is 0 Å². The third-order valence-electron chi connectivity index (χ3n) is 6.20. The van der Waals surface area contributed by atoms with Crippen LogP contribution in [0.5, 0.6) is 0 Å². The Bertz CT molecular complexity index is 466. The molecule has 0 aliphatic heterocycles. The largest absolute Gasteiger partial charge is 0.294 e. The highest BCUT2D eigenvalue weighted by Gasteiger charge is 2.51. The summed E-state index contributed by atoms with van der Waals surface area (Å²) in [4.78, 5) is 12.3. The molecule has 0 saturated heterocycles. The van der Waals surface area contributed by atoms with E-state index in [1.807, 2.05) is 6.92 Å². The molecule has 5 rings (SSSR count). The van der Waals surface area contributed by atoms with Crippen LogP contribution in [0.15, 0.2) is 23.3 Å². The van der Waals surface area contributed by atoms with Crippen LogP contribution in [0.2, 0.25) is 0 Å². The molecule has 0 aromatic heterocycles. The lowest BCUT2D eigenvalue weighted by atomic mass is 9.48. The van der Waals surface area contributed by atoms with Gasteiger partial charge in [0.25, 0.3) is 0 Å². The molecule has 0 heterocycles. The van der Waals surface area contributed by atoms with Crippen molar-refractivity contribution in [3.8, 4) is 0 Å². The summed E-state index contributed by atoms with van der Waals surface area (Å²) in [6.45, 7) is 12.3. The predicted octanol–water partition coefficient (Wildman–Crippen LogP) is 4.54. The summed E-state index contributed by atoms with van der Waals surface area (Å²) in [5, 5.41) is 0. The maximum atomic E-state index is 12.3. The number of Topliss-reactive ketones (excluding diaryl/α,β-unsaturated/α-hetero) is 1. The first-order valence-electron chi connectivity index (χ1n) is 7.75. The number of carbonyl (C=O) groups is 1. The number of hydrogen-bond acceptors (Lipinski definition) is 1. The second kappa shape index (κ2) is 4.07. The Morgan fingerprint density at radius 1 is 1.26 bits per heavy atom. The van der Waals surface area contributed by atoms with Crippen LogP contribution in [0.1, 0.15) is 53.4 Å². The maximum Gasteiger partial charge on any atom is 0.161 e. The van der Waals surface area contributed by atoms with Crippen molar-refractivity contribution in [3.63, 3.8) is 0 Å². The van der Waals surface area contributed by atoms with E-state index in [2.05, 4.69) is 27.4 Å². The minimum absolute atomic E-state index is 0.0153. The van der Waals surface area contributed by atoms with E-state index < -0.39 is 0 Å². The van der Waals surface area contributed by atoms with Crippen LogP contribution in [-0.2, 0) is 4.79 Å². The number of rotatable bonds is 4. The topological polar surface area (TPSA) is 17.1 Å². The fourth-order valence-corrected chi connectivity index (χ4v) is 4.78. The van der Waals surface area contributed by atoms with Gasteiger partial charge in [-0.25, -0.2) is 0 Å². The van der Waals surface area contributed by atoms with Gasteiger partial charge in [-0.1, -0.05) is 38.5 Å². The summed E-state index contributed by atoms with van der Waals surface area (Å²) in [5.74, 6) is 2.96. The number of carbonyl (C=O) groups excluding carboxylic acids is 1. The SMILES string of the molecule is C=C(C)C(=O)C(C)C(C)(C)C1=C2C3CC(C1)CC2C3. The number of allylic oxidation sites excluding steroid dienone is 3. The fourth-order valence-electron chi connectivity index (χ4n) is 4.78. The molecule has 0 aromatic carbocycles. The zero-order chi connectivity index (χ0) is 13.9. The molecule has 4 bridgehead atoms. The zero-order valence-electron chi connectivity index (χ0n) is 12.8. The van der Waals surface area contributed by atoms with E-state index in [1.54, 1.807) is 11.1 Å². The van der Waals surface area contributed by atoms with Gasteiger partial charge < -0.3 is 0 Å². The third-order valence-corrected chi connectivity index (χ3v) is 6.20. The van der Waals surface area contributed by atoms with Gasteiger partial charge in [0.2, 0.25) is 0 Å². The molecule has 5 aliphatic rings. The first kappa shape index (κ1) is 13.1. The van der Waals surface area contributed by atoms with Gasteiger partial charge >= 0.3 is 0 Å². The average Bonchev–Trinajstić information content (AvgIpc) is 2.36. The molecule has 0 radical (unpaired) electrons. The van der Waals surface area contributed by atoms with E-state index in [-0.39, 0.29) is 17.1 Å². The molecular formula is C18H26O. The fraction of sp³-hybridized carbons (Fsp3) is 0.722. The summed E-state index contributed by atoms with van der Waals surface area (Å²) in [6, 6.07) is 0. The highest BCUT2D eigenvalue weighted by Crippen LogP contribution is 2.62. The van der Waals surface area contributed by atoms with E-state index in [0.717, 1.165) is 17.8 Å². The van der Waals surface area contributed by atoms with E-state index in [9.17, 15) is 4.79 Å². The van der Waals surface area contributed by atoms with Crippen molar-refractivity contribution in [2.75, 3.05) is 0 Å². The molecule has 0 aromatic rings. The van der Waals surface area contributed by atoms with Crippen LogP contribution in [0.25, 0.3) is 0 Å². The molecule has 104 valence electrons. The van der Waals surface area contributed by atoms with E-state index in [0.29, 0.717) is 5.57 Å². The first-order valence-corrected chi connectivity index (χ1v) is 7.75. The van der Waals surface area contributed by atoms with Gasteiger partial charge in [0.15, 0.2) is 5.78 Å². The molecule has 3 saturated carbocycles. The van der Waals surface area contributed by atoms with Crippen molar-refractivity contribution in [3.05, 3.63) is 23.3 Å². The third kappa shape index (κ3) is 1.77. The maximum absolute atomic E-state index is 12.3. The van der Waals surface area contributed by atoms with Crippen LogP contribution in [0.4, 0.5) is 0 Å². The average molecular weight is 258 g/mol. The molecule has 3 fully saturated rings. The normalized spacial score (nSPS) is 34.0. The quantitative estimate of drug-likeness (QED) is 0.534. The minimum Gasteiger partial charge on any atom is -0.294 e. The van der Waals surface area contributed by atoms with Gasteiger partial charge in [-0.05, 0) is 61.3 Å². The standard InChI is InChI=1S/C18H26O/c1-10(2)17(19)11(3)18(4,5)15-8-12-6-13-9-14(7-12)16(13)15/h11-14H,1,6-9H2,2-5H3. The van der Waals surface area contributed by atoms with Gasteiger partial charge in [-0.3, -0.25) is 4.79 Å². The summed E-state index contributed by atoms with van der Waals surface area (Å²) in [7, 11) is 0. The first-order chi connectivity index (χ1) is 8.82. The second-order valence-electron chi connectivity index (χ2n) is 7.69. The van der Waals surface area contributed by atoms with Crippen molar-refractivity contribution in [1.29, 1.82) is 0 Å². The van der Waals surface area contributed by atoms with Crippen molar-refractivity contribution in [2.45, 2.75) is 53.4 Å². The second-order valence-corrected chi connectivity index (χ2v) is 7.69. The minimum atomic E-state index is 0.0153. The smallest absolute Gasteiger partial charge is 0.161 e. The lowest BCUT2D eigenvalue weighted by Crippen LogP contribution is -2.46. The van der Waals surface area contributed by atoms with Gasteiger partial charge in [0, 0.05) is 5.92 Å². The molecule has 3 atom stereocenters. The summed E-state index contributed by atoms with van der Waals surface area (Å²) in [6.07, 6.45) is 5.53. The zero-order valence-corrected chi connectivity index (χ0v) is 12.8. The summed E-state index contributed by atoms with van der Waals surface area (Å²) < 4.78 is 0. The Labute approximate surface area is 117 Å². The lowest BCUT2D eigenvalue weighted by Gasteiger charge is -2.57. The number of hydrogen-bond donors (Lipinski definition) is 0. The summed E-state index contributed by atoms with van der Waals surface area (Å²) in [5.41, 5.74) is 4.12. The van der Waals surface area contributed by atoms with Crippen LogP contribution >= 0.6 is 0 Å². The molecule has 0 amide bonds. The van der Waals surface area contributed by atoms with Gasteiger partial charge in [0.05, 0.1) is 0 Å². The molecule has 3 unspecified atom stereocenters. The van der Waals surface area contributed by atoms with Gasteiger partial charge in [-0.15, -0.1) is 0 Å². The van der Waals surface area contributed by atoms with Crippen LogP contribution in [0, 0.1) is 29.1 Å². The number of ketones is 1. The van der Waals surface area contributed by atoms with E-state index in [1.165, 1.54) is 25.7 Å². The van der Waals surface area contributed by atoms with Gasteiger partial charge in [-0.2, -0.15) is 0 Å². The highest BCUT2D eigenvalue weighted by atomic mass is 16.1. The van der Waals surface area contributed by atoms with Gasteiger partial charge in [0.1, 0.15) is 0 Å². The van der Waals surface area contributed by atoms with Crippen molar-refractivity contribution in [2.24, 2.45) is 29.1 Å². The molecule has 19 heavy (non-hydrogen) atoms. The van der Waals surface area contributed by atoms with Crippen LogP contribution in [-0.4, -0.2) is 5.78 Å². The molecule has 1 nitrogen and oxygen atoms in total. The predicted molar refractivity (Wildman–Crippen MR) is 78.7 cm³/mol. The van der Waals surface area contributed by atoms with E-state index >= 15 is 0 Å². The molecule has 5 aliphatic carbocycles. The summed E-state index contributed by atoms with van der Waals surface area (Å²) >= 11 is 0. The van der Waals surface area contributed by atoms with Crippen LogP contribution in [0.3, 0.4) is 0 Å². The molecule has 0 spiro atoms. The Morgan fingerprint density at radius 2 is 1.84 bits per heavy atom. The van der Waals surface area contributed by atoms with Crippen molar-refractivity contribution in [1.82, 2.24) is 0 Å². The Morgan fingerprint density at radius 3 is 2.32 bits per heavy atom. The molecular weight excluding hydrogens is 232 g/mol. The molecule has 1 heteroatoms. The van der Waals surface area contributed by atoms with E-state index in [4.69, 9.17) is 0 Å².